The van der Waals surface area contributed by atoms with E-state index in [9.17, 15) is 9.90 Å². The predicted molar refractivity (Wildman–Crippen MR) is 79.5 cm³/mol. The second kappa shape index (κ2) is 4.70. The first-order valence-electron chi connectivity index (χ1n) is 6.37. The summed E-state index contributed by atoms with van der Waals surface area (Å²) in [6, 6.07) is 6.62. The molecule has 21 heavy (non-hydrogen) atoms. The van der Waals surface area contributed by atoms with Gasteiger partial charge in [-0.05, 0) is 30.7 Å². The molecule has 0 saturated heterocycles. The molecule has 108 valence electrons. The zero-order valence-electron chi connectivity index (χ0n) is 11.9. The quantitative estimate of drug-likeness (QED) is 0.579. The number of phenolic OH excluding ortho intramolecular Hbond substituents is 1. The van der Waals surface area contributed by atoms with E-state index in [1.165, 1.54) is 14.2 Å². The van der Waals surface area contributed by atoms with E-state index >= 15 is 0 Å². The lowest BCUT2D eigenvalue weighted by atomic mass is 10.0. The van der Waals surface area contributed by atoms with Crippen molar-refractivity contribution in [2.45, 2.75) is 6.92 Å². The third kappa shape index (κ3) is 1.98. The zero-order chi connectivity index (χ0) is 15.1. The van der Waals surface area contributed by atoms with Crippen LogP contribution in [0, 0.1) is 6.92 Å². The van der Waals surface area contributed by atoms with Gasteiger partial charge in [0.2, 0.25) is 0 Å². The summed E-state index contributed by atoms with van der Waals surface area (Å²) in [7, 11) is 2.99. The van der Waals surface area contributed by atoms with E-state index in [2.05, 4.69) is 0 Å². The number of methoxy groups -OCH3 is 2. The first-order valence-corrected chi connectivity index (χ1v) is 6.37. The normalized spacial score (nSPS) is 11.0. The third-order valence-electron chi connectivity index (χ3n) is 3.43. The minimum absolute atomic E-state index is 0.0501. The lowest BCUT2D eigenvalue weighted by Gasteiger charge is -2.10. The van der Waals surface area contributed by atoms with Gasteiger partial charge in [-0.3, -0.25) is 0 Å². The van der Waals surface area contributed by atoms with Crippen molar-refractivity contribution in [3.8, 4) is 17.2 Å². The van der Waals surface area contributed by atoms with Crippen molar-refractivity contribution < 1.29 is 19.0 Å². The highest BCUT2D eigenvalue weighted by atomic mass is 16.5. The molecule has 0 aliphatic carbocycles. The lowest BCUT2D eigenvalue weighted by Crippen LogP contribution is -2.03. The van der Waals surface area contributed by atoms with E-state index in [0.29, 0.717) is 27.9 Å². The Hall–Kier alpha value is -2.69. The molecule has 0 bridgehead atoms. The Bertz CT molecular complexity index is 908. The van der Waals surface area contributed by atoms with Crippen molar-refractivity contribution in [2.75, 3.05) is 14.2 Å². The summed E-state index contributed by atoms with van der Waals surface area (Å²) in [5.41, 5.74) is 0.625. The van der Waals surface area contributed by atoms with E-state index in [4.69, 9.17) is 13.9 Å². The molecule has 0 radical (unpaired) electrons. The summed E-state index contributed by atoms with van der Waals surface area (Å²) in [5.74, 6) is 0.931. The van der Waals surface area contributed by atoms with Crippen LogP contribution in [0.25, 0.3) is 21.7 Å². The second-order valence-electron chi connectivity index (χ2n) is 4.80. The van der Waals surface area contributed by atoms with Gasteiger partial charge in [0.25, 0.3) is 0 Å². The highest BCUT2D eigenvalue weighted by Crippen LogP contribution is 2.37. The molecule has 0 aliphatic heterocycles. The number of rotatable bonds is 2. The minimum atomic E-state index is -0.512. The Balaban J connectivity index is 2.62. The highest BCUT2D eigenvalue weighted by molar-refractivity contribution is 6.10. The summed E-state index contributed by atoms with van der Waals surface area (Å²) in [5, 5.41) is 11.5. The van der Waals surface area contributed by atoms with E-state index in [-0.39, 0.29) is 11.1 Å². The Morgan fingerprint density at radius 1 is 1.05 bits per heavy atom. The van der Waals surface area contributed by atoms with E-state index < -0.39 is 5.63 Å². The fourth-order valence-corrected chi connectivity index (χ4v) is 2.51. The van der Waals surface area contributed by atoms with Crippen LogP contribution in [-0.4, -0.2) is 19.3 Å². The lowest BCUT2D eigenvalue weighted by molar-refractivity contribution is 0.397. The fraction of sp³-hybridized carbons (Fsp3) is 0.188. The maximum absolute atomic E-state index is 12.2. The number of aromatic hydroxyl groups is 1. The molecular formula is C16H14O5. The summed E-state index contributed by atoms with van der Waals surface area (Å²) >= 11 is 0. The van der Waals surface area contributed by atoms with Gasteiger partial charge in [0.1, 0.15) is 28.2 Å². The molecule has 0 aliphatic rings. The van der Waals surface area contributed by atoms with Crippen LogP contribution < -0.4 is 15.1 Å². The van der Waals surface area contributed by atoms with Gasteiger partial charge >= 0.3 is 5.63 Å². The average Bonchev–Trinajstić information content (AvgIpc) is 2.44. The van der Waals surface area contributed by atoms with Gasteiger partial charge in [-0.1, -0.05) is 0 Å². The van der Waals surface area contributed by atoms with Crippen LogP contribution in [0.2, 0.25) is 0 Å². The number of benzene rings is 2. The van der Waals surface area contributed by atoms with E-state index in [0.717, 1.165) is 5.56 Å². The van der Waals surface area contributed by atoms with E-state index in [1.54, 1.807) is 24.3 Å². The standard InChI is InChI=1S/C16H14O5/c1-8-4-11(17)14-10-6-9(19-2)7-12(20-3)15(10)16(18)21-13(14)5-8/h4-7,17H,1-3H3. The number of hydrogen-bond donors (Lipinski definition) is 1. The van der Waals surface area contributed by atoms with Crippen molar-refractivity contribution in [2.24, 2.45) is 0 Å². The van der Waals surface area contributed by atoms with Gasteiger partial charge in [-0.25, -0.2) is 4.79 Å². The predicted octanol–water partition coefficient (Wildman–Crippen LogP) is 2.98. The zero-order valence-corrected chi connectivity index (χ0v) is 11.9. The molecule has 1 aromatic heterocycles. The van der Waals surface area contributed by atoms with Crippen LogP contribution in [-0.2, 0) is 0 Å². The van der Waals surface area contributed by atoms with Crippen LogP contribution in [0.5, 0.6) is 17.2 Å². The molecule has 0 atom stereocenters. The average molecular weight is 286 g/mol. The molecular weight excluding hydrogens is 272 g/mol. The van der Waals surface area contributed by atoms with Crippen LogP contribution in [0.3, 0.4) is 0 Å². The van der Waals surface area contributed by atoms with E-state index in [1.807, 2.05) is 6.92 Å². The van der Waals surface area contributed by atoms with Crippen molar-refractivity contribution in [1.29, 1.82) is 0 Å². The monoisotopic (exact) mass is 286 g/mol. The first-order chi connectivity index (χ1) is 10.0. The van der Waals surface area contributed by atoms with Crippen molar-refractivity contribution >= 4 is 21.7 Å². The summed E-state index contributed by atoms with van der Waals surface area (Å²) in [6.07, 6.45) is 0. The molecule has 0 amide bonds. The number of phenols is 1. The SMILES string of the molecule is COc1cc(OC)c2c(=O)oc3cc(C)cc(O)c3c2c1. The van der Waals surface area contributed by atoms with Gasteiger partial charge < -0.3 is 19.0 Å². The van der Waals surface area contributed by atoms with Crippen molar-refractivity contribution in [1.82, 2.24) is 0 Å². The number of fused-ring (bicyclic) bond motifs is 3. The number of ether oxygens (including phenoxy) is 2. The van der Waals surface area contributed by atoms with Crippen LogP contribution in [0.4, 0.5) is 0 Å². The first kappa shape index (κ1) is 13.3. The topological polar surface area (TPSA) is 68.9 Å². The molecule has 5 nitrogen and oxygen atoms in total. The second-order valence-corrected chi connectivity index (χ2v) is 4.80. The number of aryl methyl sites for hydroxylation is 1. The van der Waals surface area contributed by atoms with Crippen molar-refractivity contribution in [3.05, 3.63) is 40.2 Å². The maximum Gasteiger partial charge on any atom is 0.347 e. The smallest absolute Gasteiger partial charge is 0.347 e. The van der Waals surface area contributed by atoms with Gasteiger partial charge in [0.05, 0.1) is 19.6 Å². The third-order valence-corrected chi connectivity index (χ3v) is 3.43. The molecule has 1 N–H and O–H groups in total. The Morgan fingerprint density at radius 2 is 1.81 bits per heavy atom. The Kier molecular flexibility index (Phi) is 2.97. The molecule has 3 aromatic rings. The molecule has 1 heterocycles. The van der Waals surface area contributed by atoms with Crippen LogP contribution >= 0.6 is 0 Å². The largest absolute Gasteiger partial charge is 0.507 e. The Labute approximate surface area is 120 Å². The molecule has 5 heteroatoms. The maximum atomic E-state index is 12.2. The molecule has 0 saturated carbocycles. The van der Waals surface area contributed by atoms with Gasteiger partial charge in [-0.2, -0.15) is 0 Å². The van der Waals surface area contributed by atoms with Gasteiger partial charge in [-0.15, -0.1) is 0 Å². The van der Waals surface area contributed by atoms with Gasteiger partial charge in [0, 0.05) is 11.5 Å². The van der Waals surface area contributed by atoms with Crippen LogP contribution in [0.1, 0.15) is 5.56 Å². The molecule has 0 unspecified atom stereocenters. The highest BCUT2D eigenvalue weighted by Gasteiger charge is 2.16. The minimum Gasteiger partial charge on any atom is -0.507 e. The Morgan fingerprint density at radius 3 is 2.48 bits per heavy atom. The molecule has 2 aromatic carbocycles. The summed E-state index contributed by atoms with van der Waals surface area (Å²) in [4.78, 5) is 12.2. The number of hydrogen-bond acceptors (Lipinski definition) is 5. The molecule has 3 rings (SSSR count). The summed E-state index contributed by atoms with van der Waals surface area (Å²) < 4.78 is 15.8. The molecule has 0 fully saturated rings. The fourth-order valence-electron chi connectivity index (χ4n) is 2.51. The van der Waals surface area contributed by atoms with Gasteiger partial charge in [0.15, 0.2) is 0 Å². The van der Waals surface area contributed by atoms with Crippen molar-refractivity contribution in [3.63, 3.8) is 0 Å². The molecule has 0 spiro atoms. The van der Waals surface area contributed by atoms with Crippen LogP contribution in [0.15, 0.2) is 33.5 Å². The summed E-state index contributed by atoms with van der Waals surface area (Å²) in [6.45, 7) is 1.81.